The van der Waals surface area contributed by atoms with Crippen molar-refractivity contribution in [1.29, 1.82) is 0 Å². The topological polar surface area (TPSA) is 92.9 Å². The van der Waals surface area contributed by atoms with E-state index in [4.69, 9.17) is 0 Å². The van der Waals surface area contributed by atoms with Crippen LogP contribution < -0.4 is 5.32 Å². The van der Waals surface area contributed by atoms with Crippen molar-refractivity contribution in [2.24, 2.45) is 0 Å². The summed E-state index contributed by atoms with van der Waals surface area (Å²) in [5.41, 5.74) is 0.179. The van der Waals surface area contributed by atoms with Gasteiger partial charge in [0.1, 0.15) is 6.54 Å². The number of thiophene rings is 1. The molecule has 1 aliphatic carbocycles. The zero-order valence-corrected chi connectivity index (χ0v) is 11.6. The Labute approximate surface area is 119 Å². The minimum absolute atomic E-state index is 0.00716. The summed E-state index contributed by atoms with van der Waals surface area (Å²) >= 11 is 1.55. The molecule has 2 aromatic heterocycles. The van der Waals surface area contributed by atoms with Crippen LogP contribution in [0.5, 0.6) is 0 Å². The summed E-state index contributed by atoms with van der Waals surface area (Å²) in [7, 11) is 0. The normalized spacial score (nSPS) is 16.6. The molecule has 106 valence electrons. The molecule has 0 unspecified atom stereocenters. The molecule has 0 atom stereocenters. The molecule has 1 aliphatic rings. The Balaban J connectivity index is 1.54. The maximum absolute atomic E-state index is 11.7. The monoisotopic (exact) mass is 293 g/mol. The summed E-state index contributed by atoms with van der Waals surface area (Å²) in [5, 5.41) is 28.4. The average Bonchev–Trinajstić information content (AvgIpc) is 3.04. The molecule has 0 saturated heterocycles. The van der Waals surface area contributed by atoms with Gasteiger partial charge in [-0.25, -0.2) is 0 Å². The van der Waals surface area contributed by atoms with Crippen LogP contribution in [-0.4, -0.2) is 43.4 Å². The molecule has 0 bridgehead atoms. The highest BCUT2D eigenvalue weighted by Crippen LogP contribution is 2.30. The molecule has 3 rings (SSSR count). The first kappa shape index (κ1) is 13.2. The molecule has 2 heterocycles. The van der Waals surface area contributed by atoms with E-state index in [0.29, 0.717) is 5.82 Å². The second kappa shape index (κ2) is 5.29. The van der Waals surface area contributed by atoms with E-state index in [1.165, 1.54) is 4.80 Å². The van der Waals surface area contributed by atoms with E-state index < -0.39 is 5.60 Å². The first-order chi connectivity index (χ1) is 9.65. The maximum Gasteiger partial charge on any atom is 0.243 e. The molecule has 7 nitrogen and oxygen atoms in total. The summed E-state index contributed by atoms with van der Waals surface area (Å²) in [6.07, 6.45) is 2.51. The first-order valence-corrected chi connectivity index (χ1v) is 7.38. The molecule has 1 amide bonds. The molecule has 0 spiro atoms. The Kier molecular flexibility index (Phi) is 3.49. The SMILES string of the molecule is O=C(Cn1nnc(-c2ccsc2)n1)NCC1(O)CCC1. The van der Waals surface area contributed by atoms with Gasteiger partial charge in [0.2, 0.25) is 11.7 Å². The third-order valence-electron chi connectivity index (χ3n) is 3.42. The first-order valence-electron chi connectivity index (χ1n) is 6.44. The predicted molar refractivity (Wildman–Crippen MR) is 72.9 cm³/mol. The lowest BCUT2D eigenvalue weighted by Gasteiger charge is -2.36. The lowest BCUT2D eigenvalue weighted by atomic mass is 9.80. The maximum atomic E-state index is 11.7. The number of aromatic nitrogens is 4. The highest BCUT2D eigenvalue weighted by atomic mass is 32.1. The molecule has 0 radical (unpaired) electrons. The van der Waals surface area contributed by atoms with Gasteiger partial charge in [-0.05, 0) is 35.9 Å². The highest BCUT2D eigenvalue weighted by Gasteiger charge is 2.34. The van der Waals surface area contributed by atoms with Crippen LogP contribution in [0, 0.1) is 0 Å². The zero-order chi connectivity index (χ0) is 14.0. The number of nitrogens with one attached hydrogen (secondary N) is 1. The number of amides is 1. The van der Waals surface area contributed by atoms with Crippen LogP contribution in [0.25, 0.3) is 11.4 Å². The quantitative estimate of drug-likeness (QED) is 0.834. The number of hydrogen-bond acceptors (Lipinski definition) is 6. The molecule has 0 aliphatic heterocycles. The van der Waals surface area contributed by atoms with Crippen molar-refractivity contribution in [3.8, 4) is 11.4 Å². The number of carbonyl (C=O) groups is 1. The van der Waals surface area contributed by atoms with E-state index in [9.17, 15) is 9.90 Å². The van der Waals surface area contributed by atoms with Crippen LogP contribution in [0.3, 0.4) is 0 Å². The predicted octanol–water partition coefficient (Wildman–Crippen LogP) is 0.433. The second-order valence-electron chi connectivity index (χ2n) is 5.01. The van der Waals surface area contributed by atoms with Gasteiger partial charge >= 0.3 is 0 Å². The number of nitrogens with zero attached hydrogens (tertiary/aromatic N) is 4. The minimum atomic E-state index is -0.715. The van der Waals surface area contributed by atoms with E-state index in [0.717, 1.165) is 24.8 Å². The molecule has 20 heavy (non-hydrogen) atoms. The fourth-order valence-corrected chi connectivity index (χ4v) is 2.66. The van der Waals surface area contributed by atoms with Crippen molar-refractivity contribution in [3.05, 3.63) is 16.8 Å². The summed E-state index contributed by atoms with van der Waals surface area (Å²) in [6.45, 7) is 0.297. The fourth-order valence-electron chi connectivity index (χ4n) is 2.03. The number of aliphatic hydroxyl groups is 1. The Morgan fingerprint density at radius 1 is 1.55 bits per heavy atom. The van der Waals surface area contributed by atoms with Gasteiger partial charge < -0.3 is 10.4 Å². The lowest BCUT2D eigenvalue weighted by Crippen LogP contribution is -2.48. The molecule has 2 N–H and O–H groups in total. The molecule has 1 saturated carbocycles. The second-order valence-corrected chi connectivity index (χ2v) is 5.79. The van der Waals surface area contributed by atoms with Crippen LogP contribution in [0.1, 0.15) is 19.3 Å². The highest BCUT2D eigenvalue weighted by molar-refractivity contribution is 7.08. The van der Waals surface area contributed by atoms with Crippen molar-refractivity contribution in [2.75, 3.05) is 6.54 Å². The number of rotatable bonds is 5. The summed E-state index contributed by atoms with van der Waals surface area (Å²) in [6, 6.07) is 1.90. The van der Waals surface area contributed by atoms with Gasteiger partial charge in [-0.2, -0.15) is 16.1 Å². The Morgan fingerprint density at radius 3 is 3.05 bits per heavy atom. The Bertz CT molecular complexity index is 591. The molecule has 2 aromatic rings. The Hall–Kier alpha value is -1.80. The van der Waals surface area contributed by atoms with Crippen LogP contribution in [-0.2, 0) is 11.3 Å². The van der Waals surface area contributed by atoms with Crippen LogP contribution in [0.4, 0.5) is 0 Å². The van der Waals surface area contributed by atoms with E-state index >= 15 is 0 Å². The molecular weight excluding hydrogens is 278 g/mol. The molecule has 8 heteroatoms. The number of tetrazole rings is 1. The summed E-state index contributed by atoms with van der Waals surface area (Å²) < 4.78 is 0. The zero-order valence-electron chi connectivity index (χ0n) is 10.8. The van der Waals surface area contributed by atoms with Gasteiger partial charge in [-0.1, -0.05) is 0 Å². The van der Waals surface area contributed by atoms with E-state index in [1.807, 2.05) is 16.8 Å². The van der Waals surface area contributed by atoms with Crippen molar-refractivity contribution in [3.63, 3.8) is 0 Å². The standard InChI is InChI=1S/C12H15N5O2S/c18-10(13-8-12(19)3-1-4-12)6-17-15-11(14-16-17)9-2-5-20-7-9/h2,5,7,19H,1,3-4,6,8H2,(H,13,18). The number of hydrogen-bond donors (Lipinski definition) is 2. The fraction of sp³-hybridized carbons (Fsp3) is 0.500. The average molecular weight is 293 g/mol. The largest absolute Gasteiger partial charge is 0.388 e. The molecule has 1 fully saturated rings. The van der Waals surface area contributed by atoms with E-state index in [2.05, 4.69) is 20.7 Å². The summed E-state index contributed by atoms with van der Waals surface area (Å²) in [4.78, 5) is 13.0. The van der Waals surface area contributed by atoms with Gasteiger partial charge in [0, 0.05) is 17.5 Å². The molecule has 0 aromatic carbocycles. The third-order valence-corrected chi connectivity index (χ3v) is 4.10. The summed E-state index contributed by atoms with van der Waals surface area (Å²) in [5.74, 6) is 0.288. The van der Waals surface area contributed by atoms with Crippen molar-refractivity contribution in [1.82, 2.24) is 25.5 Å². The van der Waals surface area contributed by atoms with Crippen LogP contribution in [0.2, 0.25) is 0 Å². The van der Waals surface area contributed by atoms with Gasteiger partial charge in [-0.3, -0.25) is 4.79 Å². The van der Waals surface area contributed by atoms with Gasteiger partial charge in [0.25, 0.3) is 0 Å². The van der Waals surface area contributed by atoms with Crippen LogP contribution >= 0.6 is 11.3 Å². The third kappa shape index (κ3) is 2.86. The van der Waals surface area contributed by atoms with Crippen molar-refractivity contribution >= 4 is 17.2 Å². The minimum Gasteiger partial charge on any atom is -0.388 e. The smallest absolute Gasteiger partial charge is 0.243 e. The van der Waals surface area contributed by atoms with Crippen LogP contribution in [0.15, 0.2) is 16.8 Å². The van der Waals surface area contributed by atoms with Gasteiger partial charge in [-0.15, -0.1) is 10.2 Å². The van der Waals surface area contributed by atoms with Gasteiger partial charge in [0.05, 0.1) is 5.60 Å². The van der Waals surface area contributed by atoms with Crippen molar-refractivity contribution in [2.45, 2.75) is 31.4 Å². The van der Waals surface area contributed by atoms with Crippen molar-refractivity contribution < 1.29 is 9.90 Å². The van der Waals surface area contributed by atoms with E-state index in [1.54, 1.807) is 11.3 Å². The molecular formula is C12H15N5O2S. The number of carbonyl (C=O) groups excluding carboxylic acids is 1. The van der Waals surface area contributed by atoms with Gasteiger partial charge in [0.15, 0.2) is 0 Å². The van der Waals surface area contributed by atoms with E-state index in [-0.39, 0.29) is 19.0 Å². The lowest BCUT2D eigenvalue weighted by molar-refractivity contribution is -0.124. The Morgan fingerprint density at radius 2 is 2.40 bits per heavy atom.